The number of amides is 1. The second kappa shape index (κ2) is 17.3. The summed E-state index contributed by atoms with van der Waals surface area (Å²) in [6.07, 6.45) is 8.59. The molecule has 2 bridgehead atoms. The molecular weight excluding hydrogens is 885 g/mol. The highest BCUT2D eigenvalue weighted by Crippen LogP contribution is 2.67. The standard InChI is InChI=1S/C56H68N6O8/c1-7-33-25-34-29-55(52(66)69-6,46-38(19-23-61(31-33)32-34)37-16-11-13-18-42(37)58-46)40-27-39-44(28-45(40)68-5)60(4)49-54(39)21-24-62-22-14-20-53(8-2,48(54)62)50(64)56(49,67)51(65)59-43(47(63)70-9-3)26-35-30-57-41-17-12-10-15-36(35)41/h10-18,20,27-28,30,33-34,43,48-50,57-58,64,67H,7-9,19,21-26,29,31-32H2,1-6H3,(H,59,65)/t33-,34+,43-,48-,49+,50+,53+,54-,55+,56+/m0/s1. The van der Waals surface area contributed by atoms with Crippen molar-refractivity contribution in [1.29, 1.82) is 0 Å². The molecule has 14 nitrogen and oxygen atoms in total. The molecule has 5 N–H and O–H groups in total. The molecule has 1 spiro atoms. The zero-order valence-corrected chi connectivity index (χ0v) is 41.3. The normalized spacial score (nSPS) is 32.5. The maximum Gasteiger partial charge on any atom is 0.328 e. The number of H-pyrrole nitrogens is 2. The van der Waals surface area contributed by atoms with Crippen LogP contribution in [-0.4, -0.2) is 138 Å². The number of methoxy groups -OCH3 is 2. The monoisotopic (exact) mass is 953 g/mol. The van der Waals surface area contributed by atoms with Crippen LogP contribution >= 0.6 is 0 Å². The molecule has 2 saturated heterocycles. The van der Waals surface area contributed by atoms with E-state index in [4.69, 9.17) is 14.2 Å². The average Bonchev–Trinajstić information content (AvgIpc) is 4.15. The number of piperidine rings is 1. The number of hydrogen-bond donors (Lipinski definition) is 5. The van der Waals surface area contributed by atoms with Crippen LogP contribution in [-0.2, 0) is 47.5 Å². The summed E-state index contributed by atoms with van der Waals surface area (Å²) in [7, 11) is 4.99. The Labute approximate surface area is 409 Å². The number of likely N-dealkylation sites (N-methyl/N-ethyl adjacent to an activating group) is 1. The van der Waals surface area contributed by atoms with Crippen LogP contribution in [0.3, 0.4) is 0 Å². The lowest BCUT2D eigenvalue weighted by atomic mass is 9.47. The van der Waals surface area contributed by atoms with E-state index < -0.39 is 51.9 Å². The number of aliphatic hydroxyl groups excluding tert-OH is 1. The third-order valence-corrected chi connectivity index (χ3v) is 18.1. The highest BCUT2D eigenvalue weighted by Gasteiger charge is 2.79. The zero-order chi connectivity index (χ0) is 48.9. The van der Waals surface area contributed by atoms with Gasteiger partial charge in [0.05, 0.1) is 26.9 Å². The number of hydrogen-bond acceptors (Lipinski definition) is 11. The van der Waals surface area contributed by atoms with Crippen molar-refractivity contribution in [3.8, 4) is 5.75 Å². The minimum Gasteiger partial charge on any atom is -0.496 e. The Morgan fingerprint density at radius 3 is 2.47 bits per heavy atom. The molecule has 2 aromatic heterocycles. The fourth-order valence-electron chi connectivity index (χ4n) is 15.2. The number of aromatic nitrogens is 2. The molecule has 7 heterocycles. The second-order valence-corrected chi connectivity index (χ2v) is 21.2. The molecule has 370 valence electrons. The van der Waals surface area contributed by atoms with Crippen LogP contribution in [0.2, 0.25) is 0 Å². The van der Waals surface area contributed by atoms with Crippen LogP contribution in [0.4, 0.5) is 5.69 Å². The van der Waals surface area contributed by atoms with E-state index in [1.54, 1.807) is 14.0 Å². The lowest BCUT2D eigenvalue weighted by molar-refractivity contribution is -0.204. The quantitative estimate of drug-likeness (QED) is 0.0789. The first-order chi connectivity index (χ1) is 33.8. The maximum absolute atomic E-state index is 15.7. The first-order valence-corrected chi connectivity index (χ1v) is 25.6. The van der Waals surface area contributed by atoms with Crippen molar-refractivity contribution < 1.29 is 38.8 Å². The Kier molecular flexibility index (Phi) is 11.5. The van der Waals surface area contributed by atoms with Gasteiger partial charge in [0.25, 0.3) is 5.91 Å². The predicted molar refractivity (Wildman–Crippen MR) is 268 cm³/mol. The van der Waals surface area contributed by atoms with Gasteiger partial charge in [0.2, 0.25) is 0 Å². The van der Waals surface area contributed by atoms with Crippen LogP contribution in [0.25, 0.3) is 21.8 Å². The summed E-state index contributed by atoms with van der Waals surface area (Å²) in [6, 6.07) is 17.6. The van der Waals surface area contributed by atoms with E-state index >= 15 is 9.59 Å². The average molecular weight is 953 g/mol. The van der Waals surface area contributed by atoms with Gasteiger partial charge in [0, 0.05) is 108 Å². The summed E-state index contributed by atoms with van der Waals surface area (Å²) in [4.78, 5) is 59.2. The number of para-hydroxylation sites is 2. The molecule has 5 aromatic rings. The lowest BCUT2D eigenvalue weighted by Crippen LogP contribution is -2.82. The largest absolute Gasteiger partial charge is 0.496 e. The Balaban J connectivity index is 1.12. The van der Waals surface area contributed by atoms with Crippen molar-refractivity contribution in [1.82, 2.24) is 25.1 Å². The van der Waals surface area contributed by atoms with Crippen LogP contribution < -0.4 is 15.0 Å². The van der Waals surface area contributed by atoms with Crippen LogP contribution in [0.15, 0.2) is 79.0 Å². The number of carbonyl (C=O) groups is 3. The molecule has 1 unspecified atom stereocenters. The van der Waals surface area contributed by atoms with Crippen molar-refractivity contribution in [2.75, 3.05) is 65.5 Å². The van der Waals surface area contributed by atoms with E-state index in [1.807, 2.05) is 67.5 Å². The van der Waals surface area contributed by atoms with Crippen molar-refractivity contribution >= 4 is 45.3 Å². The number of nitrogens with zero attached hydrogens (tertiary/aromatic N) is 3. The van der Waals surface area contributed by atoms with E-state index in [0.717, 1.165) is 88.8 Å². The SMILES string of the molecule is CCOC(=O)[C@H](Cc1c[nH]c2ccccc12)NC(=O)[C@]1(O)[C@H](O)[C@]2(CC)C=CCN3CC[C@]4(c5cc([C@]6(C(=O)OC)C[C@H]7C[C@H](CC)CN(CCc8c6[nH]c6ccccc86)C7)c(OC)cc5N(C)[C@@H]14)[C@@H]32. The smallest absolute Gasteiger partial charge is 0.328 e. The summed E-state index contributed by atoms with van der Waals surface area (Å²) in [5.74, 6) is -0.750. The number of rotatable bonds is 11. The number of esters is 2. The van der Waals surface area contributed by atoms with Gasteiger partial charge in [-0.05, 0) is 92.3 Å². The minimum atomic E-state index is -2.47. The fraction of sp³-hybridized carbons (Fsp3) is 0.518. The van der Waals surface area contributed by atoms with Crippen LogP contribution in [0.5, 0.6) is 5.75 Å². The Bertz CT molecular complexity index is 2910. The zero-order valence-electron chi connectivity index (χ0n) is 41.3. The Morgan fingerprint density at radius 1 is 0.957 bits per heavy atom. The topological polar surface area (TPSA) is 173 Å². The maximum atomic E-state index is 15.7. The molecule has 1 amide bonds. The van der Waals surface area contributed by atoms with E-state index in [-0.39, 0.29) is 31.0 Å². The number of fused-ring (bicyclic) bond motifs is 7. The summed E-state index contributed by atoms with van der Waals surface area (Å²) in [5, 5.41) is 32.0. The van der Waals surface area contributed by atoms with Gasteiger partial charge in [-0.1, -0.05) is 68.8 Å². The highest BCUT2D eigenvalue weighted by molar-refractivity contribution is 5.96. The number of carbonyl (C=O) groups excluding carboxylic acids is 3. The van der Waals surface area contributed by atoms with Gasteiger partial charge in [-0.3, -0.25) is 14.5 Å². The van der Waals surface area contributed by atoms with E-state index in [1.165, 1.54) is 7.11 Å². The van der Waals surface area contributed by atoms with Gasteiger partial charge in [-0.2, -0.15) is 0 Å². The van der Waals surface area contributed by atoms with E-state index in [9.17, 15) is 15.0 Å². The molecule has 5 aliphatic heterocycles. The molecule has 11 atom stereocenters. The van der Waals surface area contributed by atoms with E-state index in [2.05, 4.69) is 62.3 Å². The van der Waals surface area contributed by atoms with Gasteiger partial charge in [-0.15, -0.1) is 0 Å². The third-order valence-electron chi connectivity index (χ3n) is 18.1. The number of aromatic amines is 2. The Morgan fingerprint density at radius 2 is 1.73 bits per heavy atom. The molecule has 14 heteroatoms. The fourth-order valence-corrected chi connectivity index (χ4v) is 15.2. The first-order valence-electron chi connectivity index (χ1n) is 25.6. The molecule has 0 radical (unpaired) electrons. The molecule has 6 aliphatic rings. The van der Waals surface area contributed by atoms with E-state index in [0.29, 0.717) is 49.6 Å². The molecule has 1 saturated carbocycles. The van der Waals surface area contributed by atoms with Crippen molar-refractivity contribution in [2.45, 2.75) is 106 Å². The van der Waals surface area contributed by atoms with Crippen molar-refractivity contribution in [3.05, 3.63) is 107 Å². The number of aliphatic hydroxyl groups is 2. The summed E-state index contributed by atoms with van der Waals surface area (Å²) >= 11 is 0. The summed E-state index contributed by atoms with van der Waals surface area (Å²) in [5.41, 5.74) is 0.935. The number of anilines is 1. The molecule has 11 rings (SSSR count). The highest BCUT2D eigenvalue weighted by atomic mass is 16.5. The van der Waals surface area contributed by atoms with Gasteiger partial charge in [-0.25, -0.2) is 4.79 Å². The minimum absolute atomic E-state index is 0.0888. The number of nitrogens with one attached hydrogen (secondary N) is 3. The van der Waals surface area contributed by atoms with Crippen LogP contribution in [0.1, 0.15) is 80.8 Å². The van der Waals surface area contributed by atoms with Crippen LogP contribution in [0, 0.1) is 17.3 Å². The van der Waals surface area contributed by atoms with Gasteiger partial charge in [0.1, 0.15) is 23.3 Å². The molecular formula is C56H68N6O8. The number of ether oxygens (including phenoxy) is 3. The van der Waals surface area contributed by atoms with Crippen molar-refractivity contribution in [2.24, 2.45) is 17.3 Å². The molecule has 3 aromatic carbocycles. The lowest BCUT2D eigenvalue weighted by Gasteiger charge is -2.63. The third kappa shape index (κ3) is 6.47. The van der Waals surface area contributed by atoms with Gasteiger partial charge < -0.3 is 49.5 Å². The Hall–Kier alpha value is -5.67. The molecule has 3 fully saturated rings. The summed E-state index contributed by atoms with van der Waals surface area (Å²) in [6.45, 7) is 10.1. The number of benzene rings is 3. The second-order valence-electron chi connectivity index (χ2n) is 21.2. The first kappa shape index (κ1) is 46.7. The van der Waals surface area contributed by atoms with Crippen molar-refractivity contribution in [3.63, 3.8) is 0 Å². The molecule has 1 aliphatic carbocycles. The van der Waals surface area contributed by atoms with Gasteiger partial charge >= 0.3 is 11.9 Å². The predicted octanol–water partition coefficient (Wildman–Crippen LogP) is 5.90. The van der Waals surface area contributed by atoms with Gasteiger partial charge in [0.15, 0.2) is 5.60 Å². The summed E-state index contributed by atoms with van der Waals surface area (Å²) < 4.78 is 18.1. The molecule has 70 heavy (non-hydrogen) atoms.